The molecule has 0 amide bonds. The molecule has 1 saturated heterocycles. The van der Waals surface area contributed by atoms with Crippen molar-refractivity contribution in [2.45, 2.75) is 31.1 Å². The summed E-state index contributed by atoms with van der Waals surface area (Å²) in [6.07, 6.45) is 4.21. The Morgan fingerprint density at radius 3 is 2.96 bits per heavy atom. The van der Waals surface area contributed by atoms with E-state index in [1.54, 1.807) is 19.2 Å². The molecule has 1 aliphatic carbocycles. The maximum Gasteiger partial charge on any atom is 0.191 e. The molecular weight excluding hydrogens is 333 g/mol. The van der Waals surface area contributed by atoms with E-state index >= 15 is 0 Å². The van der Waals surface area contributed by atoms with Gasteiger partial charge in [0.1, 0.15) is 5.82 Å². The van der Waals surface area contributed by atoms with Crippen molar-refractivity contribution in [3.05, 3.63) is 35.6 Å². The topological polar surface area (TPSA) is 54.9 Å². The van der Waals surface area contributed by atoms with E-state index in [1.807, 2.05) is 6.07 Å². The molecule has 2 fully saturated rings. The van der Waals surface area contributed by atoms with Crippen molar-refractivity contribution in [2.24, 2.45) is 10.9 Å². The summed E-state index contributed by atoms with van der Waals surface area (Å²) < 4.78 is 24.5. The summed E-state index contributed by atoms with van der Waals surface area (Å²) in [7, 11) is 1.77. The number of guanidine groups is 1. The van der Waals surface area contributed by atoms with Crippen LogP contribution in [-0.4, -0.2) is 52.5 Å². The Hall–Kier alpha value is -1.66. The molecule has 26 heavy (non-hydrogen) atoms. The van der Waals surface area contributed by atoms with Gasteiger partial charge in [0.15, 0.2) is 5.96 Å². The number of nitrogens with zero attached hydrogens (tertiary/aromatic N) is 1. The van der Waals surface area contributed by atoms with Crippen molar-refractivity contribution in [1.82, 2.24) is 10.6 Å². The van der Waals surface area contributed by atoms with Gasteiger partial charge in [-0.3, -0.25) is 4.99 Å². The van der Waals surface area contributed by atoms with Crippen LogP contribution in [0, 0.1) is 11.7 Å². The third kappa shape index (κ3) is 5.42. The van der Waals surface area contributed by atoms with Crippen LogP contribution in [0.25, 0.3) is 0 Å². The lowest BCUT2D eigenvalue weighted by Gasteiger charge is -2.19. The number of rotatable bonds is 9. The van der Waals surface area contributed by atoms with Crippen LogP contribution in [0.15, 0.2) is 29.3 Å². The average molecular weight is 363 g/mol. The van der Waals surface area contributed by atoms with Gasteiger partial charge < -0.3 is 20.1 Å². The fraction of sp³-hybridized carbons (Fsp3) is 0.650. The second-order valence-corrected chi connectivity index (χ2v) is 7.30. The van der Waals surface area contributed by atoms with Crippen LogP contribution in [0.5, 0.6) is 0 Å². The van der Waals surface area contributed by atoms with Gasteiger partial charge in [-0.15, -0.1) is 0 Å². The Morgan fingerprint density at radius 2 is 2.27 bits per heavy atom. The third-order valence-electron chi connectivity index (χ3n) is 5.24. The van der Waals surface area contributed by atoms with Crippen LogP contribution in [0.4, 0.5) is 4.39 Å². The molecule has 144 valence electrons. The molecule has 2 N–H and O–H groups in total. The molecule has 1 aromatic carbocycles. The SMILES string of the molecule is CN=C(NCCCOCC1CCOC1)NCC1(c2cccc(F)c2)CC1. The zero-order valence-electron chi connectivity index (χ0n) is 15.6. The van der Waals surface area contributed by atoms with Crippen LogP contribution in [0.1, 0.15) is 31.2 Å². The molecule has 1 unspecified atom stereocenters. The van der Waals surface area contributed by atoms with Gasteiger partial charge in [0.05, 0.1) is 13.2 Å². The van der Waals surface area contributed by atoms with E-state index in [4.69, 9.17) is 9.47 Å². The molecule has 1 saturated carbocycles. The first-order chi connectivity index (χ1) is 12.7. The molecule has 1 aliphatic heterocycles. The highest BCUT2D eigenvalue weighted by atomic mass is 19.1. The van der Waals surface area contributed by atoms with Crippen LogP contribution in [0.3, 0.4) is 0 Å². The van der Waals surface area contributed by atoms with Crippen LogP contribution in [-0.2, 0) is 14.9 Å². The van der Waals surface area contributed by atoms with Crippen molar-refractivity contribution >= 4 is 5.96 Å². The molecule has 1 aromatic rings. The van der Waals surface area contributed by atoms with Gasteiger partial charge in [0, 0.05) is 44.7 Å². The molecule has 0 bridgehead atoms. The van der Waals surface area contributed by atoms with Gasteiger partial charge in [-0.25, -0.2) is 4.39 Å². The van der Waals surface area contributed by atoms with Crippen LogP contribution >= 0.6 is 0 Å². The number of hydrogen-bond acceptors (Lipinski definition) is 3. The summed E-state index contributed by atoms with van der Waals surface area (Å²) in [4.78, 5) is 4.27. The molecule has 0 aromatic heterocycles. The molecule has 2 aliphatic rings. The molecular formula is C20H30FN3O2. The second-order valence-electron chi connectivity index (χ2n) is 7.30. The molecule has 0 spiro atoms. The quantitative estimate of drug-likeness (QED) is 0.402. The van der Waals surface area contributed by atoms with Crippen molar-refractivity contribution in [3.63, 3.8) is 0 Å². The van der Waals surface area contributed by atoms with E-state index in [9.17, 15) is 4.39 Å². The third-order valence-corrected chi connectivity index (χ3v) is 5.24. The minimum absolute atomic E-state index is 0.0478. The van der Waals surface area contributed by atoms with E-state index in [1.165, 1.54) is 6.07 Å². The largest absolute Gasteiger partial charge is 0.381 e. The monoisotopic (exact) mass is 363 g/mol. The van der Waals surface area contributed by atoms with E-state index in [-0.39, 0.29) is 11.2 Å². The molecule has 5 nitrogen and oxygen atoms in total. The summed E-state index contributed by atoms with van der Waals surface area (Å²) in [6.45, 7) is 4.83. The lowest BCUT2D eigenvalue weighted by Crippen LogP contribution is -2.41. The lowest BCUT2D eigenvalue weighted by molar-refractivity contribution is 0.0888. The summed E-state index contributed by atoms with van der Waals surface area (Å²) in [5, 5.41) is 6.71. The van der Waals surface area contributed by atoms with Gasteiger partial charge in [-0.2, -0.15) is 0 Å². The van der Waals surface area contributed by atoms with Crippen molar-refractivity contribution < 1.29 is 13.9 Å². The maximum absolute atomic E-state index is 13.5. The second kappa shape index (κ2) is 9.33. The van der Waals surface area contributed by atoms with E-state index in [0.29, 0.717) is 5.92 Å². The van der Waals surface area contributed by atoms with Crippen molar-refractivity contribution in [1.29, 1.82) is 0 Å². The number of aliphatic imine (C=N–C) groups is 1. The first-order valence-corrected chi connectivity index (χ1v) is 9.58. The summed E-state index contributed by atoms with van der Waals surface area (Å²) in [5.74, 6) is 1.19. The number of ether oxygens (including phenoxy) is 2. The van der Waals surface area contributed by atoms with Crippen molar-refractivity contribution in [3.8, 4) is 0 Å². The zero-order chi connectivity index (χ0) is 18.2. The van der Waals surface area contributed by atoms with Crippen molar-refractivity contribution in [2.75, 3.05) is 46.6 Å². The predicted octanol–water partition coefficient (Wildman–Crippen LogP) is 2.47. The molecule has 0 radical (unpaired) electrons. The maximum atomic E-state index is 13.5. The van der Waals surface area contributed by atoms with Crippen LogP contribution < -0.4 is 10.6 Å². The van der Waals surface area contributed by atoms with Gasteiger partial charge >= 0.3 is 0 Å². The average Bonchev–Trinajstić information content (AvgIpc) is 3.27. The number of nitrogens with one attached hydrogen (secondary N) is 2. The van der Waals surface area contributed by atoms with E-state index < -0.39 is 0 Å². The van der Waals surface area contributed by atoms with Gasteiger partial charge in [-0.05, 0) is 43.4 Å². The number of halogens is 1. The Bertz CT molecular complexity index is 598. The van der Waals surface area contributed by atoms with E-state index in [0.717, 1.165) is 76.7 Å². The molecule has 6 heteroatoms. The summed E-state index contributed by atoms with van der Waals surface area (Å²) in [6, 6.07) is 6.95. The Labute approximate surface area is 155 Å². The lowest BCUT2D eigenvalue weighted by atomic mass is 9.96. The van der Waals surface area contributed by atoms with E-state index in [2.05, 4.69) is 15.6 Å². The number of hydrogen-bond donors (Lipinski definition) is 2. The summed E-state index contributed by atoms with van der Waals surface area (Å²) in [5.41, 5.74) is 1.12. The molecule has 3 rings (SSSR count). The number of benzene rings is 1. The molecule has 1 atom stereocenters. The minimum Gasteiger partial charge on any atom is -0.381 e. The Balaban J connectivity index is 1.32. The van der Waals surface area contributed by atoms with Gasteiger partial charge in [-0.1, -0.05) is 12.1 Å². The smallest absolute Gasteiger partial charge is 0.191 e. The Morgan fingerprint density at radius 1 is 1.38 bits per heavy atom. The van der Waals surface area contributed by atoms with Crippen LogP contribution in [0.2, 0.25) is 0 Å². The standard InChI is InChI=1S/C20H30FN3O2/c1-22-19(23-9-3-10-25-13-16-6-11-26-14-16)24-15-20(7-8-20)17-4-2-5-18(21)12-17/h2,4-5,12,16H,3,6-11,13-15H2,1H3,(H2,22,23,24). The highest BCUT2D eigenvalue weighted by Gasteiger charge is 2.44. The highest BCUT2D eigenvalue weighted by Crippen LogP contribution is 2.47. The fourth-order valence-electron chi connectivity index (χ4n) is 3.36. The van der Waals surface area contributed by atoms with Gasteiger partial charge in [0.2, 0.25) is 0 Å². The normalized spacial score (nSPS) is 21.6. The first kappa shape index (κ1) is 19.1. The Kier molecular flexibility index (Phi) is 6.86. The zero-order valence-corrected chi connectivity index (χ0v) is 15.6. The summed E-state index contributed by atoms with van der Waals surface area (Å²) >= 11 is 0. The molecule has 1 heterocycles. The first-order valence-electron chi connectivity index (χ1n) is 9.58. The minimum atomic E-state index is -0.166. The highest BCUT2D eigenvalue weighted by molar-refractivity contribution is 5.79. The van der Waals surface area contributed by atoms with Gasteiger partial charge in [0.25, 0.3) is 0 Å². The fourth-order valence-corrected chi connectivity index (χ4v) is 3.36. The predicted molar refractivity (Wildman–Crippen MR) is 101 cm³/mol.